The predicted octanol–water partition coefficient (Wildman–Crippen LogP) is 2.66. The van der Waals surface area contributed by atoms with E-state index in [1.807, 2.05) is 42.1 Å². The number of aliphatic hydroxyl groups excluding tert-OH is 1. The monoisotopic (exact) mass is 354 g/mol. The summed E-state index contributed by atoms with van der Waals surface area (Å²) in [6.07, 6.45) is 1.15. The van der Waals surface area contributed by atoms with Crippen molar-refractivity contribution in [1.82, 2.24) is 9.88 Å². The van der Waals surface area contributed by atoms with Crippen molar-refractivity contribution < 1.29 is 19.4 Å². The molecule has 3 rings (SSSR count). The largest absolute Gasteiger partial charge is 0.496 e. The normalized spacial score (nSPS) is 12.0. The number of ether oxygens (including phenoxy) is 2. The van der Waals surface area contributed by atoms with Gasteiger partial charge in [0.05, 0.1) is 20.3 Å². The number of fused-ring (bicyclic) bond motifs is 1. The van der Waals surface area contributed by atoms with E-state index in [2.05, 4.69) is 5.32 Å². The fourth-order valence-corrected chi connectivity index (χ4v) is 2.98. The molecule has 0 radical (unpaired) electrons. The first-order valence-electron chi connectivity index (χ1n) is 8.27. The van der Waals surface area contributed by atoms with Crippen LogP contribution in [0.1, 0.15) is 22.0 Å². The lowest BCUT2D eigenvalue weighted by Gasteiger charge is -2.15. The van der Waals surface area contributed by atoms with Crippen LogP contribution < -0.4 is 14.8 Å². The molecule has 1 unspecified atom stereocenters. The van der Waals surface area contributed by atoms with E-state index in [9.17, 15) is 9.90 Å². The highest BCUT2D eigenvalue weighted by Gasteiger charge is 2.19. The molecule has 1 amide bonds. The van der Waals surface area contributed by atoms with Gasteiger partial charge in [0, 0.05) is 25.3 Å². The first-order valence-corrected chi connectivity index (χ1v) is 8.27. The molecule has 0 bridgehead atoms. The lowest BCUT2D eigenvalue weighted by atomic mass is 10.1. The third-order valence-electron chi connectivity index (χ3n) is 4.40. The highest BCUT2D eigenvalue weighted by molar-refractivity contribution is 5.99. The second-order valence-corrected chi connectivity index (χ2v) is 6.01. The Labute approximate surface area is 152 Å². The molecule has 0 spiro atoms. The van der Waals surface area contributed by atoms with E-state index in [-0.39, 0.29) is 12.5 Å². The molecular formula is C20H22N2O4. The van der Waals surface area contributed by atoms with Crippen LogP contribution >= 0.6 is 0 Å². The Morgan fingerprint density at radius 2 is 1.85 bits per heavy atom. The minimum Gasteiger partial charge on any atom is -0.496 e. The van der Waals surface area contributed by atoms with Crippen LogP contribution in [0.15, 0.2) is 48.7 Å². The van der Waals surface area contributed by atoms with Crippen LogP contribution in [-0.2, 0) is 7.05 Å². The van der Waals surface area contributed by atoms with Gasteiger partial charge in [-0.05, 0) is 41.3 Å². The molecular weight excluding hydrogens is 332 g/mol. The van der Waals surface area contributed by atoms with Crippen molar-refractivity contribution in [1.29, 1.82) is 0 Å². The lowest BCUT2D eigenvalue weighted by molar-refractivity contribution is 0.0910. The van der Waals surface area contributed by atoms with Gasteiger partial charge >= 0.3 is 0 Å². The second kappa shape index (κ2) is 7.49. The van der Waals surface area contributed by atoms with Crippen LogP contribution in [0.3, 0.4) is 0 Å². The molecule has 6 nitrogen and oxygen atoms in total. The third kappa shape index (κ3) is 3.36. The molecule has 1 atom stereocenters. The SMILES string of the molecule is COc1cccc(OC)c1C(=O)NCC(O)c1ccc2c(ccn2C)c1. The number of carbonyl (C=O) groups is 1. The van der Waals surface area contributed by atoms with E-state index in [0.717, 1.165) is 16.5 Å². The smallest absolute Gasteiger partial charge is 0.258 e. The molecule has 2 N–H and O–H groups in total. The number of aromatic nitrogens is 1. The lowest BCUT2D eigenvalue weighted by Crippen LogP contribution is -2.29. The Kier molecular flexibility index (Phi) is 5.14. The number of hydrogen-bond acceptors (Lipinski definition) is 4. The Hall–Kier alpha value is -2.99. The van der Waals surface area contributed by atoms with E-state index < -0.39 is 6.10 Å². The zero-order chi connectivity index (χ0) is 18.7. The molecule has 1 aromatic heterocycles. The number of benzene rings is 2. The maximum atomic E-state index is 12.6. The van der Waals surface area contributed by atoms with Crippen molar-refractivity contribution in [3.63, 3.8) is 0 Å². The number of aryl methyl sites for hydroxylation is 1. The molecule has 3 aromatic rings. The van der Waals surface area contributed by atoms with Crippen LogP contribution in [0.4, 0.5) is 0 Å². The average molecular weight is 354 g/mol. The van der Waals surface area contributed by atoms with Crippen LogP contribution in [0, 0.1) is 0 Å². The van der Waals surface area contributed by atoms with E-state index in [0.29, 0.717) is 17.1 Å². The summed E-state index contributed by atoms with van der Waals surface area (Å²) in [5.74, 6) is 0.475. The van der Waals surface area contributed by atoms with Crippen LogP contribution in [0.2, 0.25) is 0 Å². The van der Waals surface area contributed by atoms with Gasteiger partial charge < -0.3 is 24.5 Å². The summed E-state index contributed by atoms with van der Waals surface area (Å²) in [6.45, 7) is 0.0817. The Balaban J connectivity index is 1.74. The fraction of sp³-hybridized carbons (Fsp3) is 0.250. The Bertz CT molecular complexity index is 910. The highest BCUT2D eigenvalue weighted by atomic mass is 16.5. The number of aliphatic hydroxyl groups is 1. The standard InChI is InChI=1S/C20H22N2O4/c1-22-10-9-13-11-14(7-8-15(13)22)16(23)12-21-20(24)19-17(25-2)5-4-6-18(19)26-3/h4-11,16,23H,12H2,1-3H3,(H,21,24). The molecule has 1 heterocycles. The van der Waals surface area contributed by atoms with Gasteiger partial charge in [0.2, 0.25) is 0 Å². The van der Waals surface area contributed by atoms with Crippen molar-refractivity contribution in [3.8, 4) is 11.5 Å². The Morgan fingerprint density at radius 3 is 2.50 bits per heavy atom. The second-order valence-electron chi connectivity index (χ2n) is 6.01. The molecule has 0 aliphatic carbocycles. The molecule has 0 aliphatic heterocycles. The molecule has 6 heteroatoms. The maximum Gasteiger partial charge on any atom is 0.258 e. The molecule has 0 aliphatic rings. The molecule has 0 saturated heterocycles. The fourth-order valence-electron chi connectivity index (χ4n) is 2.98. The number of rotatable bonds is 6. The van der Waals surface area contributed by atoms with Gasteiger partial charge in [-0.3, -0.25) is 4.79 Å². The van der Waals surface area contributed by atoms with Gasteiger partial charge in [0.1, 0.15) is 17.1 Å². The van der Waals surface area contributed by atoms with E-state index in [1.54, 1.807) is 18.2 Å². The van der Waals surface area contributed by atoms with Crippen molar-refractivity contribution in [2.45, 2.75) is 6.10 Å². The summed E-state index contributed by atoms with van der Waals surface area (Å²) in [6, 6.07) is 12.9. The number of nitrogens with one attached hydrogen (secondary N) is 1. The minimum absolute atomic E-state index is 0.0817. The van der Waals surface area contributed by atoms with Gasteiger partial charge in [-0.1, -0.05) is 12.1 Å². The van der Waals surface area contributed by atoms with Gasteiger partial charge in [-0.15, -0.1) is 0 Å². The van der Waals surface area contributed by atoms with Crippen molar-refractivity contribution in [3.05, 3.63) is 59.8 Å². The van der Waals surface area contributed by atoms with E-state index >= 15 is 0 Å². The molecule has 0 fully saturated rings. The van der Waals surface area contributed by atoms with Crippen molar-refractivity contribution in [2.24, 2.45) is 7.05 Å². The maximum absolute atomic E-state index is 12.6. The molecule has 26 heavy (non-hydrogen) atoms. The number of methoxy groups -OCH3 is 2. The number of nitrogens with zero attached hydrogens (tertiary/aromatic N) is 1. The van der Waals surface area contributed by atoms with Gasteiger partial charge in [0.15, 0.2) is 0 Å². The van der Waals surface area contributed by atoms with Crippen LogP contribution in [-0.4, -0.2) is 36.3 Å². The summed E-state index contributed by atoms with van der Waals surface area (Å²) >= 11 is 0. The van der Waals surface area contributed by atoms with Crippen molar-refractivity contribution in [2.75, 3.05) is 20.8 Å². The number of hydrogen-bond donors (Lipinski definition) is 2. The summed E-state index contributed by atoms with van der Waals surface area (Å²) in [4.78, 5) is 12.6. The van der Waals surface area contributed by atoms with Gasteiger partial charge in [-0.2, -0.15) is 0 Å². The van der Waals surface area contributed by atoms with Crippen molar-refractivity contribution >= 4 is 16.8 Å². The molecule has 0 saturated carbocycles. The molecule has 136 valence electrons. The zero-order valence-electron chi connectivity index (χ0n) is 15.0. The highest BCUT2D eigenvalue weighted by Crippen LogP contribution is 2.28. The summed E-state index contributed by atoms with van der Waals surface area (Å²) in [5.41, 5.74) is 2.14. The van der Waals surface area contributed by atoms with Crippen LogP contribution in [0.25, 0.3) is 10.9 Å². The van der Waals surface area contributed by atoms with E-state index in [4.69, 9.17) is 9.47 Å². The zero-order valence-corrected chi connectivity index (χ0v) is 15.0. The summed E-state index contributed by atoms with van der Waals surface area (Å²) in [5, 5.41) is 14.2. The topological polar surface area (TPSA) is 72.7 Å². The van der Waals surface area contributed by atoms with Gasteiger partial charge in [0.25, 0.3) is 5.91 Å². The average Bonchev–Trinajstić information content (AvgIpc) is 3.05. The first kappa shape index (κ1) is 17.8. The number of amides is 1. The van der Waals surface area contributed by atoms with Crippen LogP contribution in [0.5, 0.6) is 11.5 Å². The minimum atomic E-state index is -0.816. The number of carbonyl (C=O) groups excluding carboxylic acids is 1. The molecule has 2 aromatic carbocycles. The van der Waals surface area contributed by atoms with Gasteiger partial charge in [-0.25, -0.2) is 0 Å². The van der Waals surface area contributed by atoms with E-state index in [1.165, 1.54) is 14.2 Å². The third-order valence-corrected chi connectivity index (χ3v) is 4.40. The summed E-state index contributed by atoms with van der Waals surface area (Å²) in [7, 11) is 4.96. The predicted molar refractivity (Wildman–Crippen MR) is 99.8 cm³/mol. The quantitative estimate of drug-likeness (QED) is 0.714. The summed E-state index contributed by atoms with van der Waals surface area (Å²) < 4.78 is 12.5. The Morgan fingerprint density at radius 1 is 1.15 bits per heavy atom. The first-order chi connectivity index (χ1) is 12.5.